The summed E-state index contributed by atoms with van der Waals surface area (Å²) in [6.07, 6.45) is 5.13. The van der Waals surface area contributed by atoms with Crippen molar-refractivity contribution in [3.05, 3.63) is 72.2 Å². The zero-order valence-corrected chi connectivity index (χ0v) is 12.8. The van der Waals surface area contributed by atoms with Gasteiger partial charge in [-0.25, -0.2) is 4.79 Å². The number of amides is 3. The van der Waals surface area contributed by atoms with Crippen molar-refractivity contribution in [3.8, 4) is 5.69 Å². The number of hydrogen-bond donors (Lipinski definition) is 1. The summed E-state index contributed by atoms with van der Waals surface area (Å²) in [7, 11) is 0. The lowest BCUT2D eigenvalue weighted by atomic mass is 10.2. The van der Waals surface area contributed by atoms with Gasteiger partial charge in [0.15, 0.2) is 0 Å². The lowest BCUT2D eigenvalue weighted by molar-refractivity contribution is -0.122. The van der Waals surface area contributed by atoms with Gasteiger partial charge in [0.1, 0.15) is 5.70 Å². The fraction of sp³-hybridized carbons (Fsp3) is 0.111. The van der Waals surface area contributed by atoms with Crippen molar-refractivity contribution in [3.63, 3.8) is 0 Å². The van der Waals surface area contributed by atoms with Gasteiger partial charge in [-0.05, 0) is 42.8 Å². The first-order valence-electron chi connectivity index (χ1n) is 7.30. The number of urea groups is 1. The lowest BCUT2D eigenvalue weighted by Gasteiger charge is -2.08. The number of nitrogens with zero attached hydrogens (tertiary/aromatic N) is 2. The minimum Gasteiger partial charge on any atom is -0.317 e. The van der Waals surface area contributed by atoms with Crippen molar-refractivity contribution in [2.75, 3.05) is 6.54 Å². The fourth-order valence-corrected chi connectivity index (χ4v) is 2.54. The van der Waals surface area contributed by atoms with E-state index >= 15 is 0 Å². The summed E-state index contributed by atoms with van der Waals surface area (Å²) in [4.78, 5) is 25.2. The molecule has 0 aliphatic carbocycles. The van der Waals surface area contributed by atoms with Gasteiger partial charge in [0.2, 0.25) is 0 Å². The highest BCUT2D eigenvalue weighted by atomic mass is 16.2. The van der Waals surface area contributed by atoms with Crippen molar-refractivity contribution >= 4 is 18.0 Å². The number of imide groups is 1. The van der Waals surface area contributed by atoms with Crippen molar-refractivity contribution in [2.45, 2.75) is 6.92 Å². The van der Waals surface area contributed by atoms with E-state index in [0.29, 0.717) is 0 Å². The summed E-state index contributed by atoms with van der Waals surface area (Å²) >= 11 is 0. The zero-order valence-electron chi connectivity index (χ0n) is 12.8. The number of nitrogens with one attached hydrogen (secondary N) is 1. The van der Waals surface area contributed by atoms with Crippen molar-refractivity contribution in [1.82, 2.24) is 14.8 Å². The van der Waals surface area contributed by atoms with Gasteiger partial charge in [-0.2, -0.15) is 0 Å². The molecule has 2 heterocycles. The van der Waals surface area contributed by atoms with Crippen LogP contribution < -0.4 is 5.32 Å². The quantitative estimate of drug-likeness (QED) is 0.536. The molecule has 0 bridgehead atoms. The number of carbonyl (C=O) groups is 2. The molecular formula is C18H17N3O2. The number of rotatable bonds is 4. The minimum atomic E-state index is -0.421. The standard InChI is InChI=1S/C18H17N3O2/c1-3-9-21-17(22)16(19-18(21)23)12-15-8-5-10-20(15)14-7-4-6-13(2)11-14/h3-8,10-12H,1,9H2,2H3,(H,19,23)/b16-12+. The molecule has 1 fully saturated rings. The molecule has 1 aliphatic heterocycles. The molecule has 1 N–H and O–H groups in total. The van der Waals surface area contributed by atoms with Crippen molar-refractivity contribution in [2.24, 2.45) is 0 Å². The van der Waals surface area contributed by atoms with E-state index in [-0.39, 0.29) is 18.1 Å². The van der Waals surface area contributed by atoms with E-state index in [9.17, 15) is 9.59 Å². The number of aryl methyl sites for hydroxylation is 1. The van der Waals surface area contributed by atoms with Gasteiger partial charge in [0.25, 0.3) is 5.91 Å². The van der Waals surface area contributed by atoms with Crippen molar-refractivity contribution in [1.29, 1.82) is 0 Å². The molecule has 23 heavy (non-hydrogen) atoms. The van der Waals surface area contributed by atoms with E-state index in [2.05, 4.69) is 18.0 Å². The molecule has 5 heteroatoms. The summed E-state index contributed by atoms with van der Waals surface area (Å²) in [5.41, 5.74) is 3.24. The first-order chi connectivity index (χ1) is 11.1. The molecule has 1 saturated heterocycles. The molecule has 0 spiro atoms. The Balaban J connectivity index is 1.96. The van der Waals surface area contributed by atoms with Gasteiger partial charge < -0.3 is 9.88 Å². The van der Waals surface area contributed by atoms with Gasteiger partial charge in [-0.1, -0.05) is 18.2 Å². The van der Waals surface area contributed by atoms with E-state index < -0.39 is 6.03 Å². The van der Waals surface area contributed by atoms with Gasteiger partial charge in [-0.15, -0.1) is 6.58 Å². The monoisotopic (exact) mass is 307 g/mol. The van der Waals surface area contributed by atoms with E-state index in [1.165, 1.54) is 6.08 Å². The number of carbonyl (C=O) groups excluding carboxylic acids is 2. The predicted octanol–water partition coefficient (Wildman–Crippen LogP) is 2.86. The van der Waals surface area contributed by atoms with Crippen LogP contribution in [0.1, 0.15) is 11.3 Å². The Morgan fingerprint density at radius 3 is 2.78 bits per heavy atom. The van der Waals surface area contributed by atoms with Crippen LogP contribution in [0, 0.1) is 6.92 Å². The molecule has 0 unspecified atom stereocenters. The van der Waals surface area contributed by atoms with E-state index in [0.717, 1.165) is 21.8 Å². The average molecular weight is 307 g/mol. The average Bonchev–Trinajstić information content (AvgIpc) is 3.08. The Labute approximate surface area is 134 Å². The lowest BCUT2D eigenvalue weighted by Crippen LogP contribution is -2.30. The highest BCUT2D eigenvalue weighted by Crippen LogP contribution is 2.18. The molecule has 116 valence electrons. The van der Waals surface area contributed by atoms with Crippen LogP contribution in [0.5, 0.6) is 0 Å². The summed E-state index contributed by atoms with van der Waals surface area (Å²) < 4.78 is 1.97. The van der Waals surface area contributed by atoms with Gasteiger partial charge >= 0.3 is 6.03 Å². The zero-order chi connectivity index (χ0) is 16.4. The molecule has 0 saturated carbocycles. The van der Waals surface area contributed by atoms with E-state index in [1.54, 1.807) is 6.08 Å². The van der Waals surface area contributed by atoms with Crippen LogP contribution >= 0.6 is 0 Å². The molecule has 2 aromatic rings. The Morgan fingerprint density at radius 1 is 1.22 bits per heavy atom. The first-order valence-corrected chi connectivity index (χ1v) is 7.30. The molecule has 0 atom stereocenters. The minimum absolute atomic E-state index is 0.195. The smallest absolute Gasteiger partial charge is 0.317 e. The molecular weight excluding hydrogens is 290 g/mol. The van der Waals surface area contributed by atoms with E-state index in [4.69, 9.17) is 0 Å². The molecule has 1 aromatic heterocycles. The Morgan fingerprint density at radius 2 is 2.04 bits per heavy atom. The summed E-state index contributed by atoms with van der Waals surface area (Å²) in [5.74, 6) is -0.341. The van der Waals surface area contributed by atoms with Gasteiger partial charge in [0, 0.05) is 24.1 Å². The Hall–Kier alpha value is -3.08. The van der Waals surface area contributed by atoms with Crippen LogP contribution in [0.2, 0.25) is 0 Å². The maximum absolute atomic E-state index is 12.3. The number of hydrogen-bond acceptors (Lipinski definition) is 2. The maximum Gasteiger partial charge on any atom is 0.329 e. The second-order valence-corrected chi connectivity index (χ2v) is 5.33. The molecule has 0 radical (unpaired) electrons. The number of benzene rings is 1. The Bertz CT molecular complexity index is 817. The molecule has 5 nitrogen and oxygen atoms in total. The van der Waals surface area contributed by atoms with Crippen LogP contribution in [0.25, 0.3) is 11.8 Å². The largest absolute Gasteiger partial charge is 0.329 e. The van der Waals surface area contributed by atoms with Crippen LogP contribution in [-0.4, -0.2) is 28.0 Å². The summed E-state index contributed by atoms with van der Waals surface area (Å²) in [6, 6.07) is 11.4. The molecule has 3 amide bonds. The SMILES string of the molecule is C=CCN1C(=O)N/C(=C/c2cccn2-c2cccc(C)c2)C1=O. The van der Waals surface area contributed by atoms with Gasteiger partial charge in [-0.3, -0.25) is 9.69 Å². The van der Waals surface area contributed by atoms with Crippen LogP contribution in [0.15, 0.2) is 60.9 Å². The summed E-state index contributed by atoms with van der Waals surface area (Å²) in [5, 5.41) is 2.60. The van der Waals surface area contributed by atoms with Crippen LogP contribution in [-0.2, 0) is 4.79 Å². The highest BCUT2D eigenvalue weighted by Gasteiger charge is 2.32. The Kier molecular flexibility index (Phi) is 3.85. The fourth-order valence-electron chi connectivity index (χ4n) is 2.54. The predicted molar refractivity (Wildman–Crippen MR) is 88.9 cm³/mol. The normalized spacial score (nSPS) is 16.0. The summed E-state index contributed by atoms with van der Waals surface area (Å²) in [6.45, 7) is 5.78. The maximum atomic E-state index is 12.3. The topological polar surface area (TPSA) is 54.3 Å². The second kappa shape index (κ2) is 5.96. The van der Waals surface area contributed by atoms with Gasteiger partial charge in [0.05, 0.1) is 0 Å². The van der Waals surface area contributed by atoms with Crippen LogP contribution in [0.3, 0.4) is 0 Å². The second-order valence-electron chi connectivity index (χ2n) is 5.33. The molecule has 1 aromatic carbocycles. The van der Waals surface area contributed by atoms with Crippen LogP contribution in [0.4, 0.5) is 4.79 Å². The molecule has 3 rings (SSSR count). The third kappa shape index (κ3) is 2.81. The highest BCUT2D eigenvalue weighted by molar-refractivity contribution is 6.14. The third-order valence-electron chi connectivity index (χ3n) is 3.63. The third-order valence-corrected chi connectivity index (χ3v) is 3.63. The van der Waals surface area contributed by atoms with Crippen molar-refractivity contribution < 1.29 is 9.59 Å². The first kappa shape index (κ1) is 14.8. The molecule has 1 aliphatic rings. The number of aromatic nitrogens is 1. The van der Waals surface area contributed by atoms with E-state index in [1.807, 2.05) is 48.0 Å².